The fourth-order valence-corrected chi connectivity index (χ4v) is 3.18. The lowest BCUT2D eigenvalue weighted by atomic mass is 10.3. The van der Waals surface area contributed by atoms with Gasteiger partial charge in [0.1, 0.15) is 17.5 Å². The third-order valence-electron chi connectivity index (χ3n) is 4.43. The van der Waals surface area contributed by atoms with Crippen molar-refractivity contribution in [3.05, 3.63) is 36.3 Å². The third kappa shape index (κ3) is 3.47. The highest BCUT2D eigenvalue weighted by atomic mass is 15.2. The number of nitrogen functional groups attached to an aromatic ring is 1. The van der Waals surface area contributed by atoms with E-state index in [1.165, 1.54) is 12.8 Å². The minimum Gasteiger partial charge on any atom is -0.370 e. The molecule has 0 saturated carbocycles. The molecule has 1 saturated heterocycles. The fourth-order valence-electron chi connectivity index (χ4n) is 3.18. The highest BCUT2D eigenvalue weighted by Gasteiger charge is 2.15. The van der Waals surface area contributed by atoms with E-state index in [0.29, 0.717) is 5.95 Å². The van der Waals surface area contributed by atoms with Gasteiger partial charge in [-0.15, -0.1) is 10.2 Å². The number of fused-ring (bicyclic) bond motifs is 1. The topological polar surface area (TPSA) is 97.3 Å². The summed E-state index contributed by atoms with van der Waals surface area (Å²) in [4.78, 5) is 10.9. The maximum absolute atomic E-state index is 5.86. The van der Waals surface area contributed by atoms with E-state index in [1.807, 2.05) is 34.9 Å². The predicted octanol–water partition coefficient (Wildman–Crippen LogP) is 1.75. The highest BCUT2D eigenvalue weighted by molar-refractivity contribution is 5.53. The monoisotopic (exact) mass is 338 g/mol. The molecule has 0 bridgehead atoms. The van der Waals surface area contributed by atoms with E-state index in [-0.39, 0.29) is 0 Å². The zero-order chi connectivity index (χ0) is 17.1. The molecule has 0 spiro atoms. The molecule has 3 N–H and O–H groups in total. The van der Waals surface area contributed by atoms with Crippen LogP contribution in [0.3, 0.4) is 0 Å². The molecule has 0 aromatic carbocycles. The second-order valence-corrected chi connectivity index (χ2v) is 6.24. The van der Waals surface area contributed by atoms with Gasteiger partial charge in [-0.2, -0.15) is 9.97 Å². The number of hydrogen-bond donors (Lipinski definition) is 2. The Hall–Kier alpha value is -2.90. The molecular formula is C17H22N8. The lowest BCUT2D eigenvalue weighted by Crippen LogP contribution is -2.20. The number of nitrogens with one attached hydrogen (secondary N) is 1. The molecule has 130 valence electrons. The van der Waals surface area contributed by atoms with Gasteiger partial charge >= 0.3 is 0 Å². The van der Waals surface area contributed by atoms with Crippen molar-refractivity contribution < 1.29 is 0 Å². The molecule has 8 nitrogen and oxygen atoms in total. The van der Waals surface area contributed by atoms with Gasteiger partial charge in [-0.1, -0.05) is 6.07 Å². The molecule has 3 aromatic heterocycles. The summed E-state index contributed by atoms with van der Waals surface area (Å²) in [5, 5.41) is 11.8. The summed E-state index contributed by atoms with van der Waals surface area (Å²) in [5.41, 5.74) is 6.74. The number of pyridine rings is 1. The molecule has 3 aromatic rings. The quantitative estimate of drug-likeness (QED) is 0.661. The van der Waals surface area contributed by atoms with Gasteiger partial charge < -0.3 is 16.0 Å². The van der Waals surface area contributed by atoms with Crippen molar-refractivity contribution in [2.75, 3.05) is 35.6 Å². The zero-order valence-corrected chi connectivity index (χ0v) is 14.1. The first-order valence-corrected chi connectivity index (χ1v) is 8.71. The number of hydrogen-bond acceptors (Lipinski definition) is 7. The number of aryl methyl sites for hydroxylation is 1. The van der Waals surface area contributed by atoms with Gasteiger partial charge in [-0.05, 0) is 31.4 Å². The van der Waals surface area contributed by atoms with E-state index < -0.39 is 0 Å². The average Bonchev–Trinajstić information content (AvgIpc) is 3.28. The van der Waals surface area contributed by atoms with Crippen molar-refractivity contribution in [3.63, 3.8) is 0 Å². The Morgan fingerprint density at radius 3 is 2.88 bits per heavy atom. The molecule has 25 heavy (non-hydrogen) atoms. The van der Waals surface area contributed by atoms with Crippen LogP contribution in [0.25, 0.3) is 5.65 Å². The van der Waals surface area contributed by atoms with Gasteiger partial charge in [0.25, 0.3) is 0 Å². The minimum atomic E-state index is 0.315. The van der Waals surface area contributed by atoms with Crippen LogP contribution in [0.1, 0.15) is 25.1 Å². The van der Waals surface area contributed by atoms with Crippen LogP contribution in [-0.2, 0) is 6.42 Å². The first kappa shape index (κ1) is 15.6. The molecular weight excluding hydrogens is 316 g/mol. The Morgan fingerprint density at radius 1 is 1.12 bits per heavy atom. The van der Waals surface area contributed by atoms with Crippen molar-refractivity contribution in [1.82, 2.24) is 24.6 Å². The first-order chi connectivity index (χ1) is 12.3. The Balaban J connectivity index is 1.35. The van der Waals surface area contributed by atoms with Crippen LogP contribution in [-0.4, -0.2) is 44.2 Å². The van der Waals surface area contributed by atoms with E-state index in [1.54, 1.807) is 0 Å². The minimum absolute atomic E-state index is 0.315. The zero-order valence-electron chi connectivity index (χ0n) is 14.1. The van der Waals surface area contributed by atoms with Gasteiger partial charge in [0, 0.05) is 38.3 Å². The fraction of sp³-hybridized carbons (Fsp3) is 0.412. The van der Waals surface area contributed by atoms with E-state index >= 15 is 0 Å². The summed E-state index contributed by atoms with van der Waals surface area (Å²) in [7, 11) is 0. The first-order valence-electron chi connectivity index (χ1n) is 8.71. The predicted molar refractivity (Wildman–Crippen MR) is 97.7 cm³/mol. The standard InChI is InChI=1S/C17H22N8/c18-17-20-13(12-16(21-17)24-9-3-4-10-24)19-8-5-7-15-23-22-14-6-1-2-11-25(14)15/h1-2,6,11-12H,3-5,7-10H2,(H3,18,19,20,21). The molecule has 1 fully saturated rings. The average molecular weight is 338 g/mol. The molecule has 1 aliphatic heterocycles. The van der Waals surface area contributed by atoms with Gasteiger partial charge in [0.05, 0.1) is 0 Å². The van der Waals surface area contributed by atoms with Crippen molar-refractivity contribution in [3.8, 4) is 0 Å². The summed E-state index contributed by atoms with van der Waals surface area (Å²) in [5.74, 6) is 2.98. The number of nitrogens with zero attached hydrogens (tertiary/aromatic N) is 6. The van der Waals surface area contributed by atoms with Crippen molar-refractivity contribution in [1.29, 1.82) is 0 Å². The summed E-state index contributed by atoms with van der Waals surface area (Å²) in [6.45, 7) is 2.86. The smallest absolute Gasteiger partial charge is 0.223 e. The Bertz CT molecular complexity index is 853. The van der Waals surface area contributed by atoms with Crippen molar-refractivity contribution >= 4 is 23.2 Å². The number of aromatic nitrogens is 5. The number of anilines is 3. The van der Waals surface area contributed by atoms with Gasteiger partial charge in [0.15, 0.2) is 5.65 Å². The maximum Gasteiger partial charge on any atom is 0.223 e. The van der Waals surface area contributed by atoms with Crippen LogP contribution >= 0.6 is 0 Å². The van der Waals surface area contributed by atoms with Crippen LogP contribution in [0.2, 0.25) is 0 Å². The number of nitrogens with two attached hydrogens (primary N) is 1. The summed E-state index contributed by atoms with van der Waals surface area (Å²) >= 11 is 0. The molecule has 1 aliphatic rings. The van der Waals surface area contributed by atoms with Crippen molar-refractivity contribution in [2.24, 2.45) is 0 Å². The highest BCUT2D eigenvalue weighted by Crippen LogP contribution is 2.21. The van der Waals surface area contributed by atoms with Gasteiger partial charge in [0.2, 0.25) is 5.95 Å². The lowest BCUT2D eigenvalue weighted by Gasteiger charge is -2.17. The Morgan fingerprint density at radius 2 is 2.00 bits per heavy atom. The van der Waals surface area contributed by atoms with E-state index in [2.05, 4.69) is 30.4 Å². The van der Waals surface area contributed by atoms with E-state index in [9.17, 15) is 0 Å². The molecule has 0 atom stereocenters. The second-order valence-electron chi connectivity index (χ2n) is 6.24. The third-order valence-corrected chi connectivity index (χ3v) is 4.43. The van der Waals surface area contributed by atoms with Crippen molar-refractivity contribution in [2.45, 2.75) is 25.7 Å². The molecule has 0 aliphatic carbocycles. The Kier molecular flexibility index (Phi) is 4.32. The van der Waals surface area contributed by atoms with Crippen LogP contribution in [0.5, 0.6) is 0 Å². The van der Waals surface area contributed by atoms with Crippen LogP contribution in [0.15, 0.2) is 30.5 Å². The van der Waals surface area contributed by atoms with Crippen LogP contribution in [0.4, 0.5) is 17.6 Å². The molecule has 8 heteroatoms. The maximum atomic E-state index is 5.86. The van der Waals surface area contributed by atoms with Crippen LogP contribution in [0, 0.1) is 0 Å². The summed E-state index contributed by atoms with van der Waals surface area (Å²) in [6, 6.07) is 7.89. The largest absolute Gasteiger partial charge is 0.370 e. The molecule has 4 rings (SSSR count). The molecule has 0 amide bonds. The normalized spacial score (nSPS) is 14.3. The van der Waals surface area contributed by atoms with E-state index in [4.69, 9.17) is 5.73 Å². The lowest BCUT2D eigenvalue weighted by molar-refractivity contribution is 0.786. The number of rotatable bonds is 6. The molecule has 4 heterocycles. The molecule has 0 unspecified atom stereocenters. The SMILES string of the molecule is Nc1nc(NCCCc2nnc3ccccn23)cc(N2CCCC2)n1. The summed E-state index contributed by atoms with van der Waals surface area (Å²) in [6.07, 6.45) is 6.18. The van der Waals surface area contributed by atoms with Crippen LogP contribution < -0.4 is 16.0 Å². The molecule has 0 radical (unpaired) electrons. The Labute approximate surface area is 146 Å². The van der Waals surface area contributed by atoms with Gasteiger partial charge in [-0.3, -0.25) is 4.40 Å². The summed E-state index contributed by atoms with van der Waals surface area (Å²) < 4.78 is 2.02. The van der Waals surface area contributed by atoms with E-state index in [0.717, 1.165) is 55.6 Å². The van der Waals surface area contributed by atoms with Gasteiger partial charge in [-0.25, -0.2) is 0 Å². The second kappa shape index (κ2) is 6.92.